The lowest BCUT2D eigenvalue weighted by atomic mass is 10.2. The van der Waals surface area contributed by atoms with Crippen molar-refractivity contribution in [3.63, 3.8) is 0 Å². The van der Waals surface area contributed by atoms with Gasteiger partial charge < -0.3 is 9.64 Å². The second-order valence-corrected chi connectivity index (χ2v) is 13.5. The number of rotatable bonds is 7. The molecule has 2 fully saturated rings. The smallest absolute Gasteiger partial charge is 0.243 e. The summed E-state index contributed by atoms with van der Waals surface area (Å²) >= 11 is 1.43. The minimum absolute atomic E-state index is 0.0612. The van der Waals surface area contributed by atoms with Crippen molar-refractivity contribution in [2.45, 2.75) is 60.4 Å². The number of sulfonamides is 1. The summed E-state index contributed by atoms with van der Waals surface area (Å²) in [6, 6.07) is 15.3. The van der Waals surface area contributed by atoms with E-state index in [0.717, 1.165) is 37.8 Å². The average molecular weight is 568 g/mol. The van der Waals surface area contributed by atoms with Gasteiger partial charge in [-0.3, -0.25) is 9.36 Å². The summed E-state index contributed by atoms with van der Waals surface area (Å²) in [5.41, 5.74) is 2.90. The maximum Gasteiger partial charge on any atom is 0.243 e. The van der Waals surface area contributed by atoms with E-state index < -0.39 is 10.0 Å². The fourth-order valence-corrected chi connectivity index (χ4v) is 8.21. The molecule has 1 aliphatic carbocycles. The first-order valence-corrected chi connectivity index (χ1v) is 15.9. The maximum atomic E-state index is 13.5. The van der Waals surface area contributed by atoms with Crippen LogP contribution in [0.25, 0.3) is 11.4 Å². The van der Waals surface area contributed by atoms with Crippen LogP contribution in [0.3, 0.4) is 0 Å². The Bertz CT molecular complexity index is 1460. The molecule has 3 heterocycles. The first-order chi connectivity index (χ1) is 18.9. The highest BCUT2D eigenvalue weighted by molar-refractivity contribution is 8.00. The second kappa shape index (κ2) is 11.0. The summed E-state index contributed by atoms with van der Waals surface area (Å²) in [4.78, 5) is 15.6. The topological polar surface area (TPSA) is 97.6 Å². The minimum Gasteiger partial charge on any atom is -0.379 e. The van der Waals surface area contributed by atoms with E-state index >= 15 is 0 Å². The first-order valence-electron chi connectivity index (χ1n) is 13.6. The average Bonchev–Trinajstić information content (AvgIpc) is 3.73. The normalized spacial score (nSPS) is 19.4. The summed E-state index contributed by atoms with van der Waals surface area (Å²) in [6.45, 7) is 4.10. The quantitative estimate of drug-likeness (QED) is 0.396. The zero-order valence-electron chi connectivity index (χ0n) is 22.0. The Balaban J connectivity index is 1.29. The van der Waals surface area contributed by atoms with Gasteiger partial charge in [-0.25, -0.2) is 8.42 Å². The van der Waals surface area contributed by atoms with Gasteiger partial charge in [-0.05, 0) is 49.9 Å². The van der Waals surface area contributed by atoms with Gasteiger partial charge in [0.25, 0.3) is 0 Å². The molecule has 1 saturated heterocycles. The molecule has 39 heavy (non-hydrogen) atoms. The van der Waals surface area contributed by atoms with Crippen LogP contribution < -0.4 is 4.90 Å². The zero-order valence-corrected chi connectivity index (χ0v) is 23.7. The Morgan fingerprint density at radius 1 is 1.03 bits per heavy atom. The number of carbonyl (C=O) groups excluding carboxylic acids is 1. The van der Waals surface area contributed by atoms with Crippen LogP contribution in [0.5, 0.6) is 0 Å². The van der Waals surface area contributed by atoms with Crippen LogP contribution in [0, 0.1) is 0 Å². The van der Waals surface area contributed by atoms with Gasteiger partial charge in [0.05, 0.1) is 23.4 Å². The lowest BCUT2D eigenvalue weighted by Crippen LogP contribution is -2.40. The van der Waals surface area contributed by atoms with E-state index in [1.165, 1.54) is 21.6 Å². The van der Waals surface area contributed by atoms with Crippen molar-refractivity contribution in [3.05, 3.63) is 54.1 Å². The lowest BCUT2D eigenvalue weighted by molar-refractivity contribution is -0.117. The van der Waals surface area contributed by atoms with Crippen LogP contribution in [0.4, 0.5) is 5.69 Å². The fourth-order valence-electron chi connectivity index (χ4n) is 5.77. The number of nitrogens with zero attached hydrogens (tertiary/aromatic N) is 5. The van der Waals surface area contributed by atoms with Crippen molar-refractivity contribution in [2.75, 3.05) is 37.7 Å². The molecule has 2 aromatic carbocycles. The molecule has 1 atom stereocenters. The van der Waals surface area contributed by atoms with Gasteiger partial charge in [0.15, 0.2) is 11.0 Å². The number of thioether (sulfide) groups is 1. The van der Waals surface area contributed by atoms with Gasteiger partial charge in [0.2, 0.25) is 15.9 Å². The number of morpholine rings is 1. The molecule has 0 spiro atoms. The largest absolute Gasteiger partial charge is 0.379 e. The monoisotopic (exact) mass is 567 g/mol. The standard InChI is InChI=1S/C28H33N5O4S2/c1-20(27(34)32-14-13-21-7-2-5-12-25(21)32)38-28-30-29-26(33(28)23-9-3-4-10-23)22-8-6-11-24(19-22)39(35,36)31-15-17-37-18-16-31/h2,5-8,11-12,19-20,23H,3-4,9-10,13-18H2,1H3/t20-/m1/s1. The molecule has 2 aliphatic heterocycles. The Kier molecular flexibility index (Phi) is 7.49. The zero-order chi connectivity index (χ0) is 27.0. The molecule has 1 aromatic heterocycles. The van der Waals surface area contributed by atoms with E-state index in [1.54, 1.807) is 18.2 Å². The van der Waals surface area contributed by atoms with Gasteiger partial charge in [-0.1, -0.05) is 54.9 Å². The van der Waals surface area contributed by atoms with Crippen molar-refractivity contribution in [1.29, 1.82) is 0 Å². The van der Waals surface area contributed by atoms with E-state index in [2.05, 4.69) is 20.8 Å². The molecule has 6 rings (SSSR count). The van der Waals surface area contributed by atoms with Crippen LogP contribution in [0.15, 0.2) is 58.6 Å². The van der Waals surface area contributed by atoms with E-state index in [1.807, 2.05) is 36.1 Å². The van der Waals surface area contributed by atoms with Crippen LogP contribution in [-0.4, -0.2) is 71.5 Å². The van der Waals surface area contributed by atoms with Gasteiger partial charge in [-0.15, -0.1) is 10.2 Å². The predicted molar refractivity (Wildman–Crippen MR) is 150 cm³/mol. The molecule has 0 unspecified atom stereocenters. The maximum absolute atomic E-state index is 13.5. The molecule has 1 amide bonds. The third-order valence-corrected chi connectivity index (χ3v) is 10.8. The van der Waals surface area contributed by atoms with Crippen molar-refractivity contribution < 1.29 is 17.9 Å². The predicted octanol–water partition coefficient (Wildman–Crippen LogP) is 4.15. The van der Waals surface area contributed by atoms with E-state index in [4.69, 9.17) is 4.74 Å². The molecule has 9 nitrogen and oxygen atoms in total. The van der Waals surface area contributed by atoms with Crippen LogP contribution >= 0.6 is 11.8 Å². The van der Waals surface area contributed by atoms with Gasteiger partial charge in [-0.2, -0.15) is 4.31 Å². The molecule has 1 saturated carbocycles. The van der Waals surface area contributed by atoms with Crippen molar-refractivity contribution in [3.8, 4) is 11.4 Å². The number of carbonyl (C=O) groups is 1. The first kappa shape index (κ1) is 26.5. The Labute approximate surface area is 233 Å². The molecular weight excluding hydrogens is 534 g/mol. The van der Waals surface area contributed by atoms with Crippen LogP contribution in [-0.2, 0) is 26.0 Å². The molecule has 0 bridgehead atoms. The second-order valence-electron chi connectivity index (χ2n) is 10.3. The van der Waals surface area contributed by atoms with E-state index in [0.29, 0.717) is 49.4 Å². The third kappa shape index (κ3) is 5.13. The number of hydrogen-bond acceptors (Lipinski definition) is 7. The number of aromatic nitrogens is 3. The Morgan fingerprint density at radius 3 is 2.59 bits per heavy atom. The fraction of sp³-hybridized carbons (Fsp3) is 0.464. The number of amides is 1. The molecule has 0 radical (unpaired) electrons. The Morgan fingerprint density at radius 2 is 1.79 bits per heavy atom. The van der Waals surface area contributed by atoms with Crippen LogP contribution in [0.1, 0.15) is 44.2 Å². The van der Waals surface area contributed by atoms with Gasteiger partial charge >= 0.3 is 0 Å². The van der Waals surface area contributed by atoms with Crippen molar-refractivity contribution >= 4 is 33.4 Å². The molecular formula is C28H33N5O4S2. The summed E-state index contributed by atoms with van der Waals surface area (Å²) < 4.78 is 35.6. The minimum atomic E-state index is -3.64. The molecule has 206 valence electrons. The number of ether oxygens (including phenoxy) is 1. The Hall–Kier alpha value is -2.73. The summed E-state index contributed by atoms with van der Waals surface area (Å²) in [6.07, 6.45) is 5.12. The lowest BCUT2D eigenvalue weighted by Gasteiger charge is -2.26. The number of anilines is 1. The van der Waals surface area contributed by atoms with E-state index in [-0.39, 0.29) is 22.1 Å². The summed E-state index contributed by atoms with van der Waals surface area (Å²) in [7, 11) is -3.64. The number of para-hydroxylation sites is 1. The van der Waals surface area contributed by atoms with Crippen LogP contribution in [0.2, 0.25) is 0 Å². The van der Waals surface area contributed by atoms with Crippen molar-refractivity contribution in [1.82, 2.24) is 19.1 Å². The SMILES string of the molecule is C[C@@H](Sc1nnc(-c2cccc(S(=O)(=O)N3CCOCC3)c2)n1C1CCCC1)C(=O)N1CCc2ccccc21. The van der Waals surface area contributed by atoms with Crippen molar-refractivity contribution in [2.24, 2.45) is 0 Å². The highest BCUT2D eigenvalue weighted by Gasteiger charge is 2.32. The number of benzene rings is 2. The summed E-state index contributed by atoms with van der Waals surface area (Å²) in [5, 5.41) is 9.45. The third-order valence-electron chi connectivity index (χ3n) is 7.84. The number of hydrogen-bond donors (Lipinski definition) is 0. The summed E-state index contributed by atoms with van der Waals surface area (Å²) in [5.74, 6) is 0.709. The van der Waals surface area contributed by atoms with Gasteiger partial charge in [0.1, 0.15) is 0 Å². The molecule has 3 aliphatic rings. The molecule has 3 aromatic rings. The molecule has 0 N–H and O–H groups in total. The number of fused-ring (bicyclic) bond motifs is 1. The van der Waals surface area contributed by atoms with E-state index in [9.17, 15) is 13.2 Å². The highest BCUT2D eigenvalue weighted by Crippen LogP contribution is 2.39. The molecule has 11 heteroatoms. The highest BCUT2D eigenvalue weighted by atomic mass is 32.2. The van der Waals surface area contributed by atoms with Gasteiger partial charge in [0, 0.05) is 36.9 Å².